The summed E-state index contributed by atoms with van der Waals surface area (Å²) in [4.78, 5) is 30.5. The van der Waals surface area contributed by atoms with Crippen LogP contribution >= 0.6 is 23.1 Å². The van der Waals surface area contributed by atoms with Crippen molar-refractivity contribution in [2.24, 2.45) is 5.92 Å². The summed E-state index contributed by atoms with van der Waals surface area (Å²) >= 11 is 3.09. The standard InChI is InChI=1S/C16H23N3O2S2/c1-9(2)8-19-15(21)13-10(3)11(4)23-14(13)18-16(19)22-7-6-17-12(5)20/h9H,6-8H2,1-5H3,(H,17,20). The molecule has 0 saturated heterocycles. The summed E-state index contributed by atoms with van der Waals surface area (Å²) in [5, 5.41) is 4.26. The summed E-state index contributed by atoms with van der Waals surface area (Å²) in [7, 11) is 0. The Labute approximate surface area is 144 Å². The maximum atomic E-state index is 12.9. The summed E-state index contributed by atoms with van der Waals surface area (Å²) in [6.07, 6.45) is 0. The van der Waals surface area contributed by atoms with Crippen molar-refractivity contribution in [2.75, 3.05) is 12.3 Å². The van der Waals surface area contributed by atoms with Crippen molar-refractivity contribution in [1.29, 1.82) is 0 Å². The number of hydrogen-bond acceptors (Lipinski definition) is 5. The van der Waals surface area contributed by atoms with Gasteiger partial charge in [0, 0.05) is 30.6 Å². The van der Waals surface area contributed by atoms with Crippen molar-refractivity contribution in [3.63, 3.8) is 0 Å². The molecule has 0 aliphatic rings. The number of nitrogens with one attached hydrogen (secondary N) is 1. The molecule has 126 valence electrons. The largest absolute Gasteiger partial charge is 0.356 e. The number of rotatable bonds is 6. The third-order valence-corrected chi connectivity index (χ3v) is 5.59. The highest BCUT2D eigenvalue weighted by Gasteiger charge is 2.17. The fourth-order valence-electron chi connectivity index (χ4n) is 2.31. The Morgan fingerprint density at radius 2 is 2.09 bits per heavy atom. The van der Waals surface area contributed by atoms with E-state index in [1.54, 1.807) is 15.9 Å². The highest BCUT2D eigenvalue weighted by atomic mass is 32.2. The number of aromatic nitrogens is 2. The number of carbonyl (C=O) groups excluding carboxylic acids is 1. The highest BCUT2D eigenvalue weighted by Crippen LogP contribution is 2.28. The van der Waals surface area contributed by atoms with Crippen molar-refractivity contribution in [2.45, 2.75) is 46.3 Å². The van der Waals surface area contributed by atoms with Crippen LogP contribution in [0, 0.1) is 19.8 Å². The second-order valence-corrected chi connectivity index (χ2v) is 8.26. The molecule has 2 heterocycles. The molecule has 0 aliphatic carbocycles. The van der Waals surface area contributed by atoms with Crippen molar-refractivity contribution in [1.82, 2.24) is 14.9 Å². The molecular formula is C16H23N3O2S2. The molecular weight excluding hydrogens is 330 g/mol. The molecule has 23 heavy (non-hydrogen) atoms. The molecule has 2 aromatic rings. The van der Waals surface area contributed by atoms with Gasteiger partial charge < -0.3 is 5.32 Å². The number of hydrogen-bond donors (Lipinski definition) is 1. The van der Waals surface area contributed by atoms with E-state index >= 15 is 0 Å². The van der Waals surface area contributed by atoms with E-state index in [9.17, 15) is 9.59 Å². The van der Waals surface area contributed by atoms with Gasteiger partial charge in [0.1, 0.15) is 4.83 Å². The molecule has 0 aromatic carbocycles. The Morgan fingerprint density at radius 1 is 1.39 bits per heavy atom. The monoisotopic (exact) mass is 353 g/mol. The number of amides is 1. The number of nitrogens with zero attached hydrogens (tertiary/aromatic N) is 2. The molecule has 0 spiro atoms. The molecule has 5 nitrogen and oxygen atoms in total. The van der Waals surface area contributed by atoms with Crippen LogP contribution in [0.3, 0.4) is 0 Å². The zero-order valence-electron chi connectivity index (χ0n) is 14.2. The van der Waals surface area contributed by atoms with Gasteiger partial charge in [-0.15, -0.1) is 11.3 Å². The number of aryl methyl sites for hydroxylation is 2. The lowest BCUT2D eigenvalue weighted by Crippen LogP contribution is -2.26. The summed E-state index contributed by atoms with van der Waals surface area (Å²) in [5.41, 5.74) is 1.09. The van der Waals surface area contributed by atoms with E-state index in [2.05, 4.69) is 19.2 Å². The summed E-state index contributed by atoms with van der Waals surface area (Å²) in [6, 6.07) is 0. The lowest BCUT2D eigenvalue weighted by atomic mass is 10.2. The van der Waals surface area contributed by atoms with Crippen LogP contribution in [-0.4, -0.2) is 27.8 Å². The molecule has 0 unspecified atom stereocenters. The van der Waals surface area contributed by atoms with E-state index in [1.165, 1.54) is 18.7 Å². The van der Waals surface area contributed by atoms with Crippen LogP contribution in [0.1, 0.15) is 31.2 Å². The normalized spacial score (nSPS) is 11.4. The Kier molecular flexibility index (Phi) is 5.86. The first kappa shape index (κ1) is 18.0. The maximum absolute atomic E-state index is 12.9. The molecule has 0 bridgehead atoms. The molecule has 1 N–H and O–H groups in total. The highest BCUT2D eigenvalue weighted by molar-refractivity contribution is 7.99. The van der Waals surface area contributed by atoms with Gasteiger partial charge in [0.25, 0.3) is 5.56 Å². The lowest BCUT2D eigenvalue weighted by molar-refractivity contribution is -0.118. The van der Waals surface area contributed by atoms with Crippen LogP contribution in [0.4, 0.5) is 0 Å². The van der Waals surface area contributed by atoms with Crippen LogP contribution in [0.15, 0.2) is 9.95 Å². The third-order valence-electron chi connectivity index (χ3n) is 3.51. The maximum Gasteiger partial charge on any atom is 0.263 e. The van der Waals surface area contributed by atoms with Crippen LogP contribution < -0.4 is 10.9 Å². The Balaban J connectivity index is 2.40. The minimum atomic E-state index is -0.0434. The van der Waals surface area contributed by atoms with Gasteiger partial charge in [-0.25, -0.2) is 4.98 Å². The van der Waals surface area contributed by atoms with Crippen molar-refractivity contribution in [3.05, 3.63) is 20.8 Å². The first-order valence-corrected chi connectivity index (χ1v) is 9.49. The van der Waals surface area contributed by atoms with Crippen molar-refractivity contribution >= 4 is 39.2 Å². The summed E-state index contributed by atoms with van der Waals surface area (Å²) in [5.74, 6) is 1.01. The Morgan fingerprint density at radius 3 is 2.70 bits per heavy atom. The molecule has 7 heteroatoms. The fourth-order valence-corrected chi connectivity index (χ4v) is 4.25. The van der Waals surface area contributed by atoms with Gasteiger partial charge in [0.15, 0.2) is 5.16 Å². The van der Waals surface area contributed by atoms with Crippen LogP contribution in [0.5, 0.6) is 0 Å². The molecule has 0 aliphatic heterocycles. The van der Waals surface area contributed by atoms with E-state index in [-0.39, 0.29) is 11.5 Å². The van der Waals surface area contributed by atoms with Gasteiger partial charge in [-0.2, -0.15) is 0 Å². The second-order valence-electron chi connectivity index (χ2n) is 6.00. The van der Waals surface area contributed by atoms with Gasteiger partial charge >= 0.3 is 0 Å². The van der Waals surface area contributed by atoms with E-state index in [1.807, 2.05) is 13.8 Å². The van der Waals surface area contributed by atoms with Gasteiger partial charge in [-0.3, -0.25) is 14.2 Å². The molecule has 0 radical (unpaired) electrons. The Hall–Kier alpha value is -1.34. The third kappa shape index (κ3) is 4.14. The van der Waals surface area contributed by atoms with E-state index in [0.29, 0.717) is 24.8 Å². The molecule has 0 saturated carbocycles. The van der Waals surface area contributed by atoms with E-state index in [0.717, 1.165) is 25.8 Å². The SMILES string of the molecule is CC(=O)NCCSc1nc2sc(C)c(C)c2c(=O)n1CC(C)C. The smallest absolute Gasteiger partial charge is 0.263 e. The fraction of sp³-hybridized carbons (Fsp3) is 0.562. The number of carbonyl (C=O) groups is 1. The first-order valence-electron chi connectivity index (χ1n) is 7.69. The van der Waals surface area contributed by atoms with Gasteiger partial charge in [0.05, 0.1) is 5.39 Å². The molecule has 0 fully saturated rings. The van der Waals surface area contributed by atoms with Crippen molar-refractivity contribution < 1.29 is 4.79 Å². The molecule has 2 aromatic heterocycles. The average Bonchev–Trinajstić information content (AvgIpc) is 2.73. The quantitative estimate of drug-likeness (QED) is 0.493. The van der Waals surface area contributed by atoms with Crippen LogP contribution in [0.25, 0.3) is 10.2 Å². The average molecular weight is 354 g/mol. The zero-order valence-corrected chi connectivity index (χ0v) is 15.9. The second kappa shape index (κ2) is 7.49. The predicted molar refractivity (Wildman–Crippen MR) is 97.6 cm³/mol. The van der Waals surface area contributed by atoms with Crippen LogP contribution in [0.2, 0.25) is 0 Å². The van der Waals surface area contributed by atoms with Crippen molar-refractivity contribution in [3.8, 4) is 0 Å². The summed E-state index contributed by atoms with van der Waals surface area (Å²) < 4.78 is 1.78. The Bertz CT molecular complexity index is 778. The predicted octanol–water partition coefficient (Wildman–Crippen LogP) is 2.96. The lowest BCUT2D eigenvalue weighted by Gasteiger charge is -2.14. The molecule has 0 atom stereocenters. The molecule has 1 amide bonds. The van der Waals surface area contributed by atoms with Gasteiger partial charge in [-0.05, 0) is 25.3 Å². The van der Waals surface area contributed by atoms with Gasteiger partial charge in [0.2, 0.25) is 5.91 Å². The zero-order chi connectivity index (χ0) is 17.1. The minimum Gasteiger partial charge on any atom is -0.356 e. The number of fused-ring (bicyclic) bond motifs is 1. The first-order chi connectivity index (χ1) is 10.8. The van der Waals surface area contributed by atoms with Gasteiger partial charge in [-0.1, -0.05) is 25.6 Å². The number of thioether (sulfide) groups is 1. The minimum absolute atomic E-state index is 0.0434. The summed E-state index contributed by atoms with van der Waals surface area (Å²) in [6.45, 7) is 10.9. The van der Waals surface area contributed by atoms with E-state index < -0.39 is 0 Å². The van der Waals surface area contributed by atoms with E-state index in [4.69, 9.17) is 4.98 Å². The topological polar surface area (TPSA) is 64.0 Å². The van der Waals surface area contributed by atoms with Crippen LogP contribution in [-0.2, 0) is 11.3 Å². The number of thiophene rings is 1. The molecule has 2 rings (SSSR count).